The number of sulfonamides is 1. The molecule has 122 valence electrons. The van der Waals surface area contributed by atoms with Crippen LogP contribution in [0.1, 0.15) is 33.1 Å². The Bertz CT molecular complexity index is 455. The molecule has 0 aromatic carbocycles. The van der Waals surface area contributed by atoms with E-state index in [1.807, 2.05) is 4.72 Å². The van der Waals surface area contributed by atoms with Crippen molar-refractivity contribution in [3.05, 3.63) is 0 Å². The number of ether oxygens (including phenoxy) is 1. The third-order valence-corrected chi connectivity index (χ3v) is 5.39. The molecule has 0 bridgehead atoms. The smallest absolute Gasteiger partial charge is 0.237 e. The standard InChI is InChI=1S/C13H24N2O5S/c1-3-12(17)10-20-9-8-15-6-4-13(5-7-15)21(18,19)14-11(2)16/h13H,3-10H2,1-2H3,(H,14,16). The lowest BCUT2D eigenvalue weighted by Gasteiger charge is -2.31. The summed E-state index contributed by atoms with van der Waals surface area (Å²) in [5, 5.41) is -0.514. The van der Waals surface area contributed by atoms with E-state index in [1.165, 1.54) is 6.92 Å². The van der Waals surface area contributed by atoms with Gasteiger partial charge < -0.3 is 9.64 Å². The number of carbonyl (C=O) groups is 2. The Morgan fingerprint density at radius 3 is 2.43 bits per heavy atom. The first kappa shape index (κ1) is 18.1. The Labute approximate surface area is 126 Å². The molecule has 21 heavy (non-hydrogen) atoms. The summed E-state index contributed by atoms with van der Waals surface area (Å²) >= 11 is 0. The zero-order chi connectivity index (χ0) is 15.9. The van der Waals surface area contributed by atoms with Crippen molar-refractivity contribution >= 4 is 21.7 Å². The van der Waals surface area contributed by atoms with Crippen LogP contribution in [0.5, 0.6) is 0 Å². The molecule has 0 spiro atoms. The van der Waals surface area contributed by atoms with Gasteiger partial charge in [0.05, 0.1) is 11.9 Å². The molecule has 1 rings (SSSR count). The van der Waals surface area contributed by atoms with Crippen LogP contribution in [0.3, 0.4) is 0 Å². The van der Waals surface area contributed by atoms with Gasteiger partial charge in [-0.2, -0.15) is 0 Å². The van der Waals surface area contributed by atoms with Gasteiger partial charge in [0.15, 0.2) is 5.78 Å². The van der Waals surface area contributed by atoms with Gasteiger partial charge in [-0.05, 0) is 25.9 Å². The number of amides is 1. The number of Topliss-reactive ketones (excluding diaryl/α,β-unsaturated/α-hetero) is 1. The number of ketones is 1. The molecule has 0 aromatic rings. The number of hydrogen-bond donors (Lipinski definition) is 1. The number of hydrogen-bond acceptors (Lipinski definition) is 6. The number of likely N-dealkylation sites (tertiary alicyclic amines) is 1. The minimum absolute atomic E-state index is 0.0788. The number of nitrogens with zero attached hydrogens (tertiary/aromatic N) is 1. The molecule has 0 saturated carbocycles. The average molecular weight is 320 g/mol. The first-order valence-corrected chi connectivity index (χ1v) is 8.73. The molecule has 1 amide bonds. The van der Waals surface area contributed by atoms with E-state index in [1.54, 1.807) is 6.92 Å². The van der Waals surface area contributed by atoms with Crippen molar-refractivity contribution in [2.75, 3.05) is 32.8 Å². The van der Waals surface area contributed by atoms with Crippen LogP contribution in [0.25, 0.3) is 0 Å². The molecule has 0 atom stereocenters. The monoisotopic (exact) mass is 320 g/mol. The number of carbonyl (C=O) groups excluding carboxylic acids is 2. The number of piperidine rings is 1. The Balaban J connectivity index is 2.26. The zero-order valence-electron chi connectivity index (χ0n) is 12.6. The van der Waals surface area contributed by atoms with E-state index in [2.05, 4.69) is 4.90 Å². The average Bonchev–Trinajstić information content (AvgIpc) is 2.42. The predicted molar refractivity (Wildman–Crippen MR) is 78.3 cm³/mol. The predicted octanol–water partition coefficient (Wildman–Crippen LogP) is -0.0876. The molecule has 1 heterocycles. The molecule has 1 aliphatic rings. The molecule has 0 aliphatic carbocycles. The van der Waals surface area contributed by atoms with Gasteiger partial charge in [0.1, 0.15) is 6.61 Å². The van der Waals surface area contributed by atoms with Crippen LogP contribution in [0.15, 0.2) is 0 Å². The van der Waals surface area contributed by atoms with Crippen LogP contribution in [0, 0.1) is 0 Å². The minimum Gasteiger partial charge on any atom is -0.372 e. The fraction of sp³-hybridized carbons (Fsp3) is 0.846. The third-order valence-electron chi connectivity index (χ3n) is 3.47. The number of rotatable bonds is 8. The first-order chi connectivity index (χ1) is 9.85. The highest BCUT2D eigenvalue weighted by molar-refractivity contribution is 7.90. The molecule has 7 nitrogen and oxygen atoms in total. The fourth-order valence-electron chi connectivity index (χ4n) is 2.21. The van der Waals surface area contributed by atoms with Gasteiger partial charge in [0, 0.05) is 19.9 Å². The van der Waals surface area contributed by atoms with Gasteiger partial charge in [-0.3, -0.25) is 14.3 Å². The topological polar surface area (TPSA) is 92.8 Å². The molecule has 1 fully saturated rings. The van der Waals surface area contributed by atoms with E-state index in [9.17, 15) is 18.0 Å². The molecular weight excluding hydrogens is 296 g/mol. The summed E-state index contributed by atoms with van der Waals surface area (Å²) in [4.78, 5) is 24.0. The van der Waals surface area contributed by atoms with Crippen molar-refractivity contribution < 1.29 is 22.7 Å². The summed E-state index contributed by atoms with van der Waals surface area (Å²) in [5.74, 6) is -0.471. The highest BCUT2D eigenvalue weighted by Gasteiger charge is 2.30. The highest BCUT2D eigenvalue weighted by atomic mass is 32.2. The van der Waals surface area contributed by atoms with E-state index in [4.69, 9.17) is 4.74 Å². The van der Waals surface area contributed by atoms with Crippen LogP contribution < -0.4 is 4.72 Å². The second kappa shape index (κ2) is 8.45. The van der Waals surface area contributed by atoms with Crippen LogP contribution in [-0.4, -0.2) is 63.1 Å². The van der Waals surface area contributed by atoms with E-state index < -0.39 is 21.2 Å². The molecular formula is C13H24N2O5S. The lowest BCUT2D eigenvalue weighted by atomic mass is 10.1. The Morgan fingerprint density at radius 1 is 1.29 bits per heavy atom. The van der Waals surface area contributed by atoms with Gasteiger partial charge in [-0.1, -0.05) is 6.92 Å². The molecule has 0 unspecified atom stereocenters. The first-order valence-electron chi connectivity index (χ1n) is 7.19. The Hall–Kier alpha value is -0.990. The largest absolute Gasteiger partial charge is 0.372 e. The van der Waals surface area contributed by atoms with Crippen molar-refractivity contribution in [3.63, 3.8) is 0 Å². The normalized spacial score (nSPS) is 17.6. The second-order valence-electron chi connectivity index (χ2n) is 5.19. The summed E-state index contributed by atoms with van der Waals surface area (Å²) in [6.45, 7) is 5.58. The van der Waals surface area contributed by atoms with E-state index in [0.29, 0.717) is 45.5 Å². The van der Waals surface area contributed by atoms with Gasteiger partial charge >= 0.3 is 0 Å². The summed E-state index contributed by atoms with van der Waals surface area (Å²) in [6, 6.07) is 0. The second-order valence-corrected chi connectivity index (χ2v) is 7.15. The molecule has 8 heteroatoms. The van der Waals surface area contributed by atoms with Crippen molar-refractivity contribution in [1.29, 1.82) is 0 Å². The summed E-state index contributed by atoms with van der Waals surface area (Å²) in [5.41, 5.74) is 0. The van der Waals surface area contributed by atoms with Crippen LogP contribution in [0.2, 0.25) is 0 Å². The lowest BCUT2D eigenvalue weighted by Crippen LogP contribution is -2.45. The fourth-order valence-corrected chi connectivity index (χ4v) is 3.61. The third kappa shape index (κ3) is 6.54. The highest BCUT2D eigenvalue weighted by Crippen LogP contribution is 2.16. The summed E-state index contributed by atoms with van der Waals surface area (Å²) in [6.07, 6.45) is 1.47. The molecule has 1 N–H and O–H groups in total. The van der Waals surface area contributed by atoms with Crippen LogP contribution in [-0.2, 0) is 24.3 Å². The van der Waals surface area contributed by atoms with Gasteiger partial charge in [-0.15, -0.1) is 0 Å². The molecule has 0 radical (unpaired) electrons. The van der Waals surface area contributed by atoms with E-state index >= 15 is 0 Å². The van der Waals surface area contributed by atoms with Crippen molar-refractivity contribution in [2.45, 2.75) is 38.4 Å². The maximum atomic E-state index is 11.9. The minimum atomic E-state index is -3.55. The SMILES string of the molecule is CCC(=O)COCCN1CCC(S(=O)(=O)NC(C)=O)CC1. The quantitative estimate of drug-likeness (QED) is 0.629. The maximum Gasteiger partial charge on any atom is 0.237 e. The van der Waals surface area contributed by atoms with Crippen LogP contribution in [0.4, 0.5) is 0 Å². The van der Waals surface area contributed by atoms with Crippen molar-refractivity contribution in [1.82, 2.24) is 9.62 Å². The zero-order valence-corrected chi connectivity index (χ0v) is 13.4. The van der Waals surface area contributed by atoms with Crippen molar-refractivity contribution in [2.24, 2.45) is 0 Å². The number of nitrogens with one attached hydrogen (secondary N) is 1. The Morgan fingerprint density at radius 2 is 1.90 bits per heavy atom. The van der Waals surface area contributed by atoms with Gasteiger partial charge in [0.2, 0.25) is 15.9 Å². The van der Waals surface area contributed by atoms with Gasteiger partial charge in [0.25, 0.3) is 0 Å². The maximum absolute atomic E-state index is 11.9. The van der Waals surface area contributed by atoms with E-state index in [0.717, 1.165) is 0 Å². The molecule has 0 aromatic heterocycles. The lowest BCUT2D eigenvalue weighted by molar-refractivity contribution is -0.123. The molecule has 1 aliphatic heterocycles. The summed E-state index contributed by atoms with van der Waals surface area (Å²) in [7, 11) is -3.55. The summed E-state index contributed by atoms with van der Waals surface area (Å²) < 4.78 is 31.0. The van der Waals surface area contributed by atoms with Crippen molar-refractivity contribution in [3.8, 4) is 0 Å². The van der Waals surface area contributed by atoms with E-state index in [-0.39, 0.29) is 12.4 Å². The Kier molecular flexibility index (Phi) is 7.27. The molecule has 1 saturated heterocycles. The van der Waals surface area contributed by atoms with Crippen LogP contribution >= 0.6 is 0 Å². The van der Waals surface area contributed by atoms with Gasteiger partial charge in [-0.25, -0.2) is 8.42 Å².